The Hall–Kier alpha value is -3.74. The molecule has 0 aromatic heterocycles. The molecule has 0 saturated carbocycles. The van der Waals surface area contributed by atoms with Crippen molar-refractivity contribution in [2.45, 2.75) is 19.6 Å². The smallest absolute Gasteiger partial charge is 0.339 e. The van der Waals surface area contributed by atoms with Crippen LogP contribution in [0, 0.1) is 11.6 Å². The Morgan fingerprint density at radius 2 is 1.73 bits per heavy atom. The van der Waals surface area contributed by atoms with Gasteiger partial charge in [0.1, 0.15) is 24.0 Å². The zero-order chi connectivity index (χ0) is 21.5. The van der Waals surface area contributed by atoms with Gasteiger partial charge in [0.25, 0.3) is 5.91 Å². The van der Waals surface area contributed by atoms with Gasteiger partial charge in [-0.05, 0) is 42.8 Å². The second-order valence-corrected chi connectivity index (χ2v) is 6.46. The highest BCUT2D eigenvalue weighted by Gasteiger charge is 2.20. The maximum atomic E-state index is 13.7. The van der Waals surface area contributed by atoms with Gasteiger partial charge < -0.3 is 14.8 Å². The molecular weight excluding hydrogens is 392 g/mol. The topological polar surface area (TPSA) is 64.6 Å². The van der Waals surface area contributed by atoms with Crippen LogP contribution in [0.4, 0.5) is 14.5 Å². The molecule has 1 unspecified atom stereocenters. The molecule has 1 N–H and O–H groups in total. The second kappa shape index (κ2) is 9.65. The largest absolute Gasteiger partial charge is 0.489 e. The molecule has 3 rings (SSSR count). The lowest BCUT2D eigenvalue weighted by atomic mass is 10.2. The molecular formula is C23H19F2NO4. The summed E-state index contributed by atoms with van der Waals surface area (Å²) in [5.74, 6) is -2.70. The van der Waals surface area contributed by atoms with Crippen molar-refractivity contribution in [2.75, 3.05) is 5.32 Å². The van der Waals surface area contributed by atoms with E-state index in [1.165, 1.54) is 19.1 Å². The third-order valence-corrected chi connectivity index (χ3v) is 4.16. The molecule has 5 nitrogen and oxygen atoms in total. The molecule has 0 fully saturated rings. The lowest BCUT2D eigenvalue weighted by Gasteiger charge is -2.14. The molecule has 1 atom stereocenters. The van der Waals surface area contributed by atoms with E-state index in [1.54, 1.807) is 12.1 Å². The minimum absolute atomic E-state index is 0.202. The third kappa shape index (κ3) is 5.64. The normalized spacial score (nSPS) is 11.4. The summed E-state index contributed by atoms with van der Waals surface area (Å²) in [6, 6.07) is 18.7. The first-order valence-corrected chi connectivity index (χ1v) is 9.16. The molecule has 3 aromatic rings. The number of hydrogen-bond acceptors (Lipinski definition) is 4. The fourth-order valence-electron chi connectivity index (χ4n) is 2.56. The van der Waals surface area contributed by atoms with Crippen LogP contribution < -0.4 is 10.1 Å². The van der Waals surface area contributed by atoms with E-state index in [1.807, 2.05) is 30.3 Å². The number of esters is 1. The Bertz CT molecular complexity index is 1040. The molecule has 0 aliphatic carbocycles. The van der Waals surface area contributed by atoms with Crippen LogP contribution in [0.25, 0.3) is 0 Å². The van der Waals surface area contributed by atoms with Crippen molar-refractivity contribution in [3.8, 4) is 5.75 Å². The Morgan fingerprint density at radius 1 is 0.967 bits per heavy atom. The summed E-state index contributed by atoms with van der Waals surface area (Å²) in [7, 11) is 0. The van der Waals surface area contributed by atoms with Crippen molar-refractivity contribution in [1.82, 2.24) is 0 Å². The molecule has 0 heterocycles. The molecule has 7 heteroatoms. The van der Waals surface area contributed by atoms with Crippen LogP contribution in [0.5, 0.6) is 5.75 Å². The number of halogens is 2. The first kappa shape index (κ1) is 21.0. The molecule has 0 aliphatic heterocycles. The Labute approximate surface area is 172 Å². The van der Waals surface area contributed by atoms with E-state index in [0.29, 0.717) is 18.4 Å². The lowest BCUT2D eigenvalue weighted by molar-refractivity contribution is -0.123. The van der Waals surface area contributed by atoms with Gasteiger partial charge in [0.2, 0.25) is 0 Å². The van der Waals surface area contributed by atoms with Crippen molar-refractivity contribution in [3.05, 3.63) is 95.6 Å². The summed E-state index contributed by atoms with van der Waals surface area (Å²) in [6.07, 6.45) is -1.20. The van der Waals surface area contributed by atoms with Gasteiger partial charge in [0, 0.05) is 6.07 Å². The third-order valence-electron chi connectivity index (χ3n) is 4.16. The molecule has 0 saturated heterocycles. The number of carbonyl (C=O) groups excluding carboxylic acids is 2. The second-order valence-electron chi connectivity index (χ2n) is 6.46. The SMILES string of the molecule is CC(OC(=O)c1cccc(OCc2ccccc2)c1)C(=O)Nc1ccc(F)cc1F. The summed E-state index contributed by atoms with van der Waals surface area (Å²) >= 11 is 0. The van der Waals surface area contributed by atoms with Crippen LogP contribution in [0.3, 0.4) is 0 Å². The first-order chi connectivity index (χ1) is 14.4. The summed E-state index contributed by atoms with van der Waals surface area (Å²) in [4.78, 5) is 24.5. The van der Waals surface area contributed by atoms with Crippen LogP contribution in [-0.4, -0.2) is 18.0 Å². The molecule has 0 aliphatic rings. The molecule has 154 valence electrons. The van der Waals surface area contributed by atoms with Crippen LogP contribution in [0.2, 0.25) is 0 Å². The van der Waals surface area contributed by atoms with Crippen molar-refractivity contribution in [3.63, 3.8) is 0 Å². The van der Waals surface area contributed by atoms with Crippen molar-refractivity contribution in [1.29, 1.82) is 0 Å². The van der Waals surface area contributed by atoms with Crippen molar-refractivity contribution < 1.29 is 27.8 Å². The number of hydrogen-bond donors (Lipinski definition) is 1. The van der Waals surface area contributed by atoms with Gasteiger partial charge in [-0.15, -0.1) is 0 Å². The van der Waals surface area contributed by atoms with E-state index in [9.17, 15) is 18.4 Å². The van der Waals surface area contributed by atoms with Gasteiger partial charge >= 0.3 is 5.97 Å². The van der Waals surface area contributed by atoms with Crippen molar-refractivity contribution >= 4 is 17.6 Å². The Kier molecular flexibility index (Phi) is 6.75. The lowest BCUT2D eigenvalue weighted by Crippen LogP contribution is -2.30. The van der Waals surface area contributed by atoms with Crippen LogP contribution in [0.15, 0.2) is 72.8 Å². The molecule has 0 spiro atoms. The minimum Gasteiger partial charge on any atom is -0.489 e. The number of ether oxygens (including phenoxy) is 2. The predicted molar refractivity (Wildman–Crippen MR) is 107 cm³/mol. The minimum atomic E-state index is -1.20. The number of nitrogens with one attached hydrogen (secondary N) is 1. The standard InChI is InChI=1S/C23H19F2NO4/c1-15(22(27)26-21-11-10-18(24)13-20(21)25)30-23(28)17-8-5-9-19(12-17)29-14-16-6-3-2-4-7-16/h2-13,15H,14H2,1H3,(H,26,27). The van der Waals surface area contributed by atoms with Crippen LogP contribution >= 0.6 is 0 Å². The summed E-state index contributed by atoms with van der Waals surface area (Å²) in [5.41, 5.74) is 0.970. The number of carbonyl (C=O) groups is 2. The monoisotopic (exact) mass is 411 g/mol. The van der Waals surface area contributed by atoms with E-state index in [4.69, 9.17) is 9.47 Å². The average Bonchev–Trinajstić information content (AvgIpc) is 2.75. The van der Waals surface area contributed by atoms with Crippen LogP contribution in [-0.2, 0) is 16.1 Å². The van der Waals surface area contributed by atoms with E-state index < -0.39 is 29.6 Å². The summed E-state index contributed by atoms with van der Waals surface area (Å²) in [5, 5.41) is 2.26. The van der Waals surface area contributed by atoms with Gasteiger partial charge in [0.15, 0.2) is 6.10 Å². The summed E-state index contributed by atoms with van der Waals surface area (Å²) in [6.45, 7) is 1.69. The molecule has 30 heavy (non-hydrogen) atoms. The van der Waals surface area contributed by atoms with E-state index in [0.717, 1.165) is 17.7 Å². The van der Waals surface area contributed by atoms with Gasteiger partial charge in [0.05, 0.1) is 11.3 Å². The molecule has 1 amide bonds. The Morgan fingerprint density at radius 3 is 2.47 bits per heavy atom. The molecule has 0 radical (unpaired) electrons. The summed E-state index contributed by atoms with van der Waals surface area (Å²) < 4.78 is 37.4. The maximum Gasteiger partial charge on any atom is 0.339 e. The highest BCUT2D eigenvalue weighted by atomic mass is 19.1. The number of rotatable bonds is 7. The molecule has 3 aromatic carbocycles. The highest BCUT2D eigenvalue weighted by Crippen LogP contribution is 2.18. The average molecular weight is 411 g/mol. The van der Waals surface area contributed by atoms with E-state index in [2.05, 4.69) is 5.32 Å². The first-order valence-electron chi connectivity index (χ1n) is 9.16. The number of amides is 1. The number of benzene rings is 3. The van der Waals surface area contributed by atoms with E-state index >= 15 is 0 Å². The fourth-order valence-corrected chi connectivity index (χ4v) is 2.56. The Balaban J connectivity index is 1.58. The zero-order valence-corrected chi connectivity index (χ0v) is 16.1. The fraction of sp³-hybridized carbons (Fsp3) is 0.130. The zero-order valence-electron chi connectivity index (χ0n) is 16.1. The maximum absolute atomic E-state index is 13.7. The predicted octanol–water partition coefficient (Wildman–Crippen LogP) is 4.73. The highest BCUT2D eigenvalue weighted by molar-refractivity contribution is 5.97. The van der Waals surface area contributed by atoms with Gasteiger partial charge in [-0.25, -0.2) is 13.6 Å². The van der Waals surface area contributed by atoms with Crippen LogP contribution in [0.1, 0.15) is 22.8 Å². The number of anilines is 1. The van der Waals surface area contributed by atoms with Gasteiger partial charge in [-0.3, -0.25) is 4.79 Å². The van der Waals surface area contributed by atoms with Gasteiger partial charge in [-0.2, -0.15) is 0 Å². The van der Waals surface area contributed by atoms with E-state index in [-0.39, 0.29) is 11.3 Å². The van der Waals surface area contributed by atoms with Crippen molar-refractivity contribution in [2.24, 2.45) is 0 Å². The molecule has 0 bridgehead atoms. The quantitative estimate of drug-likeness (QED) is 0.571. The van der Waals surface area contributed by atoms with Gasteiger partial charge in [-0.1, -0.05) is 36.4 Å².